The average molecular weight is 265 g/mol. The summed E-state index contributed by atoms with van der Waals surface area (Å²) in [6, 6.07) is 1.61. The fourth-order valence-corrected chi connectivity index (χ4v) is 2.57. The topological polar surface area (TPSA) is 81.8 Å². The van der Waals surface area contributed by atoms with Gasteiger partial charge >= 0.3 is 5.97 Å². The van der Waals surface area contributed by atoms with Crippen LogP contribution in [0.2, 0.25) is 0 Å². The van der Waals surface area contributed by atoms with Crippen molar-refractivity contribution in [1.82, 2.24) is 0 Å². The van der Waals surface area contributed by atoms with Gasteiger partial charge in [-0.2, -0.15) is 0 Å². The van der Waals surface area contributed by atoms with Crippen molar-refractivity contribution in [2.75, 3.05) is 13.7 Å². The molecular weight excluding hydrogens is 246 g/mol. The zero-order valence-corrected chi connectivity index (χ0v) is 11.2. The first-order valence-corrected chi connectivity index (χ1v) is 6.35. The van der Waals surface area contributed by atoms with Crippen LogP contribution in [0.1, 0.15) is 35.6 Å². The summed E-state index contributed by atoms with van der Waals surface area (Å²) >= 11 is 0. The minimum Gasteiger partial charge on any atom is -0.496 e. The highest BCUT2D eigenvalue weighted by Crippen LogP contribution is 2.41. The average Bonchev–Trinajstić information content (AvgIpc) is 2.81. The van der Waals surface area contributed by atoms with E-state index in [0.29, 0.717) is 13.0 Å². The molecule has 1 aromatic carbocycles. The smallest absolute Gasteiger partial charge is 0.303 e. The highest BCUT2D eigenvalue weighted by molar-refractivity contribution is 5.67. The van der Waals surface area contributed by atoms with Crippen molar-refractivity contribution < 1.29 is 19.4 Å². The van der Waals surface area contributed by atoms with Crippen molar-refractivity contribution >= 4 is 5.97 Å². The predicted octanol–water partition coefficient (Wildman–Crippen LogP) is 1.80. The second-order valence-electron chi connectivity index (χ2n) is 4.75. The molecule has 0 saturated heterocycles. The zero-order chi connectivity index (χ0) is 14.0. The molecule has 19 heavy (non-hydrogen) atoms. The number of carboxylic acids is 1. The number of aliphatic carboxylic acids is 1. The molecule has 1 aliphatic rings. The number of carbonyl (C=O) groups is 1. The van der Waals surface area contributed by atoms with Gasteiger partial charge in [0, 0.05) is 30.0 Å². The lowest BCUT2D eigenvalue weighted by molar-refractivity contribution is -0.137. The third kappa shape index (κ3) is 2.66. The third-order valence-corrected chi connectivity index (χ3v) is 3.43. The van der Waals surface area contributed by atoms with E-state index in [1.807, 2.05) is 13.0 Å². The summed E-state index contributed by atoms with van der Waals surface area (Å²) in [6.45, 7) is 2.58. The van der Waals surface area contributed by atoms with Gasteiger partial charge in [0.05, 0.1) is 13.7 Å². The van der Waals surface area contributed by atoms with E-state index in [4.69, 9.17) is 20.3 Å². The molecule has 5 nitrogen and oxygen atoms in total. The Morgan fingerprint density at radius 2 is 2.37 bits per heavy atom. The Kier molecular flexibility index (Phi) is 3.95. The number of nitrogens with two attached hydrogens (primary N) is 1. The van der Waals surface area contributed by atoms with Crippen LogP contribution in [0.3, 0.4) is 0 Å². The molecule has 1 aromatic rings. The van der Waals surface area contributed by atoms with Gasteiger partial charge in [-0.25, -0.2) is 0 Å². The highest BCUT2D eigenvalue weighted by atomic mass is 16.5. The normalized spacial score (nSPS) is 14.7. The van der Waals surface area contributed by atoms with E-state index in [1.54, 1.807) is 7.11 Å². The Balaban J connectivity index is 2.39. The minimum absolute atomic E-state index is 0.0495. The number of methoxy groups -OCH3 is 1. The minimum atomic E-state index is -0.838. The molecule has 1 heterocycles. The van der Waals surface area contributed by atoms with Crippen LogP contribution in [0.5, 0.6) is 11.5 Å². The van der Waals surface area contributed by atoms with Crippen LogP contribution in [0.15, 0.2) is 6.07 Å². The maximum atomic E-state index is 10.7. The lowest BCUT2D eigenvalue weighted by Gasteiger charge is -2.20. The standard InChI is InChI=1S/C14H19NO4/c1-8-7-11-9(5-6-19-11)13(14(8)18-2)10(15)3-4-12(16)17/h7,10H,3-6,15H2,1-2H3,(H,16,17). The molecule has 1 atom stereocenters. The second-order valence-corrected chi connectivity index (χ2v) is 4.75. The van der Waals surface area contributed by atoms with Crippen molar-refractivity contribution in [3.05, 3.63) is 22.8 Å². The predicted molar refractivity (Wildman–Crippen MR) is 70.7 cm³/mol. The molecule has 0 saturated carbocycles. The molecule has 0 bridgehead atoms. The van der Waals surface area contributed by atoms with Gasteiger partial charge in [0.2, 0.25) is 0 Å². The SMILES string of the molecule is COc1c(C)cc2c(c1C(N)CCC(=O)O)CCO2. The molecule has 1 unspecified atom stereocenters. The molecule has 0 aliphatic carbocycles. The van der Waals surface area contributed by atoms with Gasteiger partial charge in [0.1, 0.15) is 11.5 Å². The number of fused-ring (bicyclic) bond motifs is 1. The molecule has 3 N–H and O–H groups in total. The van der Waals surface area contributed by atoms with E-state index in [0.717, 1.165) is 34.6 Å². The van der Waals surface area contributed by atoms with Crippen LogP contribution >= 0.6 is 0 Å². The van der Waals surface area contributed by atoms with Crippen molar-refractivity contribution in [1.29, 1.82) is 0 Å². The molecule has 5 heteroatoms. The summed E-state index contributed by atoms with van der Waals surface area (Å²) in [7, 11) is 1.61. The van der Waals surface area contributed by atoms with Crippen LogP contribution in [-0.2, 0) is 11.2 Å². The maximum Gasteiger partial charge on any atom is 0.303 e. The van der Waals surface area contributed by atoms with Gasteiger partial charge in [-0.3, -0.25) is 4.79 Å². The second kappa shape index (κ2) is 5.48. The van der Waals surface area contributed by atoms with Crippen molar-refractivity contribution in [2.24, 2.45) is 5.73 Å². The number of ether oxygens (including phenoxy) is 2. The van der Waals surface area contributed by atoms with E-state index < -0.39 is 5.97 Å². The molecule has 0 aromatic heterocycles. The number of benzene rings is 1. The monoisotopic (exact) mass is 265 g/mol. The molecule has 0 amide bonds. The Morgan fingerprint density at radius 1 is 1.63 bits per heavy atom. The molecule has 104 valence electrons. The Labute approximate surface area is 112 Å². The van der Waals surface area contributed by atoms with Crippen LogP contribution in [0.4, 0.5) is 0 Å². The number of carboxylic acid groups (broad SMARTS) is 1. The molecule has 0 spiro atoms. The summed E-state index contributed by atoms with van der Waals surface area (Å²) < 4.78 is 11.0. The molecular formula is C14H19NO4. The van der Waals surface area contributed by atoms with E-state index >= 15 is 0 Å². The fourth-order valence-electron chi connectivity index (χ4n) is 2.57. The number of hydrogen-bond acceptors (Lipinski definition) is 4. The van der Waals surface area contributed by atoms with Crippen LogP contribution in [0, 0.1) is 6.92 Å². The van der Waals surface area contributed by atoms with Gasteiger partial charge in [-0.1, -0.05) is 0 Å². The number of hydrogen-bond donors (Lipinski definition) is 2. The largest absolute Gasteiger partial charge is 0.496 e. The van der Waals surface area contributed by atoms with Crippen LogP contribution in [-0.4, -0.2) is 24.8 Å². The van der Waals surface area contributed by atoms with E-state index in [-0.39, 0.29) is 12.5 Å². The Hall–Kier alpha value is -1.75. The highest BCUT2D eigenvalue weighted by Gasteiger charge is 2.25. The van der Waals surface area contributed by atoms with Gasteiger partial charge in [-0.15, -0.1) is 0 Å². The first-order valence-electron chi connectivity index (χ1n) is 6.35. The molecule has 1 aliphatic heterocycles. The van der Waals surface area contributed by atoms with Crippen molar-refractivity contribution in [3.8, 4) is 11.5 Å². The van der Waals surface area contributed by atoms with Gasteiger partial charge < -0.3 is 20.3 Å². The Morgan fingerprint density at radius 3 is 3.00 bits per heavy atom. The zero-order valence-electron chi connectivity index (χ0n) is 11.2. The first-order chi connectivity index (χ1) is 9.04. The quantitative estimate of drug-likeness (QED) is 0.848. The summed E-state index contributed by atoms with van der Waals surface area (Å²) in [5.74, 6) is 0.760. The molecule has 0 radical (unpaired) electrons. The van der Waals surface area contributed by atoms with Gasteiger partial charge in [-0.05, 0) is 25.0 Å². The molecule has 0 fully saturated rings. The third-order valence-electron chi connectivity index (χ3n) is 3.43. The van der Waals surface area contributed by atoms with Crippen LogP contribution < -0.4 is 15.2 Å². The number of rotatable bonds is 5. The van der Waals surface area contributed by atoms with E-state index in [2.05, 4.69) is 0 Å². The number of aryl methyl sites for hydroxylation is 1. The van der Waals surface area contributed by atoms with E-state index in [1.165, 1.54) is 0 Å². The van der Waals surface area contributed by atoms with Crippen molar-refractivity contribution in [3.63, 3.8) is 0 Å². The van der Waals surface area contributed by atoms with Gasteiger partial charge in [0.25, 0.3) is 0 Å². The summed E-state index contributed by atoms with van der Waals surface area (Å²) in [6.07, 6.45) is 1.23. The van der Waals surface area contributed by atoms with Gasteiger partial charge in [0.15, 0.2) is 0 Å². The maximum absolute atomic E-state index is 10.7. The van der Waals surface area contributed by atoms with E-state index in [9.17, 15) is 4.79 Å². The molecule has 2 rings (SSSR count). The summed E-state index contributed by atoms with van der Waals surface area (Å²) in [4.78, 5) is 10.7. The Bertz CT molecular complexity index is 495. The van der Waals surface area contributed by atoms with Crippen molar-refractivity contribution in [2.45, 2.75) is 32.2 Å². The fraction of sp³-hybridized carbons (Fsp3) is 0.500. The lowest BCUT2D eigenvalue weighted by Crippen LogP contribution is -2.16. The lowest BCUT2D eigenvalue weighted by atomic mass is 9.92. The first kappa shape index (κ1) is 13.7. The summed E-state index contributed by atoms with van der Waals surface area (Å²) in [5, 5.41) is 8.77. The summed E-state index contributed by atoms with van der Waals surface area (Å²) in [5.41, 5.74) is 9.08. The van der Waals surface area contributed by atoms with Crippen LogP contribution in [0.25, 0.3) is 0 Å².